The molecule has 1 aromatic carbocycles. The quantitative estimate of drug-likeness (QED) is 0.478. The van der Waals surface area contributed by atoms with Crippen molar-refractivity contribution in [3.05, 3.63) is 33.9 Å². The van der Waals surface area contributed by atoms with Crippen molar-refractivity contribution in [2.24, 2.45) is 0 Å². The first kappa shape index (κ1) is 15.9. The van der Waals surface area contributed by atoms with Gasteiger partial charge in [0.25, 0.3) is 5.69 Å². The number of hydrogen-bond donors (Lipinski definition) is 1. The molecule has 0 fully saturated rings. The lowest BCUT2D eigenvalue weighted by molar-refractivity contribution is -0.384. The van der Waals surface area contributed by atoms with Crippen molar-refractivity contribution >= 4 is 17.3 Å². The first-order valence-corrected chi connectivity index (χ1v) is 6.30. The number of carbonyl (C=O) groups excluding carboxylic acids is 1. The van der Waals surface area contributed by atoms with E-state index < -0.39 is 4.92 Å². The van der Waals surface area contributed by atoms with E-state index in [1.807, 2.05) is 11.8 Å². The van der Waals surface area contributed by atoms with Crippen LogP contribution in [0, 0.1) is 10.1 Å². The Bertz CT molecular complexity index is 502. The number of amides is 1. The lowest BCUT2D eigenvalue weighted by Crippen LogP contribution is -2.36. The van der Waals surface area contributed by atoms with Crippen molar-refractivity contribution in [2.75, 3.05) is 32.9 Å². The van der Waals surface area contributed by atoms with Crippen LogP contribution in [0.4, 0.5) is 11.4 Å². The number of anilines is 1. The summed E-state index contributed by atoms with van der Waals surface area (Å²) in [5, 5.41) is 10.8. The van der Waals surface area contributed by atoms with Gasteiger partial charge in [-0.1, -0.05) is 13.0 Å². The number of rotatable bonds is 6. The maximum Gasteiger partial charge on any atom is 0.292 e. The third kappa shape index (κ3) is 4.20. The minimum Gasteiger partial charge on any atom is -0.393 e. The van der Waals surface area contributed by atoms with Gasteiger partial charge in [0.15, 0.2) is 0 Å². The number of nitro benzene ring substituents is 1. The molecule has 2 N–H and O–H groups in total. The Morgan fingerprint density at radius 1 is 1.40 bits per heavy atom. The third-order valence-corrected chi connectivity index (χ3v) is 3.00. The number of hydrogen-bond acceptors (Lipinski definition) is 5. The molecule has 0 radical (unpaired) electrons. The molecule has 0 aromatic heterocycles. The number of nitrogen functional groups attached to an aromatic ring is 1. The Morgan fingerprint density at radius 3 is 2.55 bits per heavy atom. The molecule has 0 bridgehead atoms. The van der Waals surface area contributed by atoms with Gasteiger partial charge in [0.2, 0.25) is 5.91 Å². The minimum absolute atomic E-state index is 0.00297. The molecule has 110 valence electrons. The normalized spacial score (nSPS) is 10.6. The van der Waals surface area contributed by atoms with Crippen molar-refractivity contribution in [2.45, 2.75) is 13.5 Å². The lowest BCUT2D eigenvalue weighted by atomic mass is 10.1. The van der Waals surface area contributed by atoms with Gasteiger partial charge < -0.3 is 10.6 Å². The highest BCUT2D eigenvalue weighted by Crippen LogP contribution is 2.23. The minimum atomic E-state index is -0.500. The molecule has 1 aromatic rings. The van der Waals surface area contributed by atoms with Crippen LogP contribution >= 0.6 is 0 Å². The molecule has 0 aliphatic heterocycles. The average molecular weight is 280 g/mol. The van der Waals surface area contributed by atoms with Gasteiger partial charge in [-0.2, -0.15) is 0 Å². The van der Waals surface area contributed by atoms with E-state index in [1.165, 1.54) is 17.0 Å². The largest absolute Gasteiger partial charge is 0.393 e. The summed E-state index contributed by atoms with van der Waals surface area (Å²) in [5.41, 5.74) is 6.37. The van der Waals surface area contributed by atoms with Crippen molar-refractivity contribution in [3.63, 3.8) is 0 Å². The van der Waals surface area contributed by atoms with E-state index in [0.717, 1.165) is 5.56 Å². The third-order valence-electron chi connectivity index (χ3n) is 3.00. The molecule has 0 aliphatic rings. The second-order valence-corrected chi connectivity index (χ2v) is 4.74. The van der Waals surface area contributed by atoms with Crippen LogP contribution in [0.25, 0.3) is 0 Å². The zero-order valence-electron chi connectivity index (χ0n) is 12.0. The molecule has 7 nitrogen and oxygen atoms in total. The Morgan fingerprint density at radius 2 is 2.05 bits per heavy atom. The van der Waals surface area contributed by atoms with E-state index in [4.69, 9.17) is 5.73 Å². The van der Waals surface area contributed by atoms with Gasteiger partial charge in [-0.3, -0.25) is 19.8 Å². The number of likely N-dealkylation sites (N-methyl/N-ethyl adjacent to an activating group) is 2. The second kappa shape index (κ2) is 6.85. The molecule has 20 heavy (non-hydrogen) atoms. The van der Waals surface area contributed by atoms with E-state index in [0.29, 0.717) is 13.1 Å². The number of nitrogens with zero attached hydrogens (tertiary/aromatic N) is 3. The Hall–Kier alpha value is -2.15. The maximum absolute atomic E-state index is 11.7. The van der Waals surface area contributed by atoms with Crippen LogP contribution in [-0.2, 0) is 11.3 Å². The zero-order valence-corrected chi connectivity index (χ0v) is 12.0. The molecule has 0 atom stereocenters. The molecule has 0 heterocycles. The molecular formula is C13H20N4O3. The van der Waals surface area contributed by atoms with E-state index in [-0.39, 0.29) is 23.8 Å². The van der Waals surface area contributed by atoms with Gasteiger partial charge in [0.1, 0.15) is 5.69 Å². The predicted molar refractivity (Wildman–Crippen MR) is 77.2 cm³/mol. The molecule has 1 rings (SSSR count). The topological polar surface area (TPSA) is 92.7 Å². The summed E-state index contributed by atoms with van der Waals surface area (Å²) in [6, 6.07) is 4.72. The predicted octanol–water partition coefficient (Wildman–Crippen LogP) is 1.09. The van der Waals surface area contributed by atoms with Crippen LogP contribution < -0.4 is 5.73 Å². The molecule has 0 unspecified atom stereocenters. The van der Waals surface area contributed by atoms with E-state index in [2.05, 4.69) is 0 Å². The molecule has 0 saturated heterocycles. The summed E-state index contributed by atoms with van der Waals surface area (Å²) < 4.78 is 0. The van der Waals surface area contributed by atoms with Gasteiger partial charge >= 0.3 is 0 Å². The molecule has 1 amide bonds. The lowest BCUT2D eigenvalue weighted by Gasteiger charge is -2.22. The van der Waals surface area contributed by atoms with Gasteiger partial charge in [-0.25, -0.2) is 0 Å². The number of nitrogens with two attached hydrogens (primary N) is 1. The molecule has 0 saturated carbocycles. The smallest absolute Gasteiger partial charge is 0.292 e. The van der Waals surface area contributed by atoms with Crippen LogP contribution in [0.5, 0.6) is 0 Å². The van der Waals surface area contributed by atoms with Crippen molar-refractivity contribution in [1.82, 2.24) is 9.80 Å². The van der Waals surface area contributed by atoms with Gasteiger partial charge in [-0.15, -0.1) is 0 Å². The fourth-order valence-electron chi connectivity index (χ4n) is 1.72. The number of benzene rings is 1. The van der Waals surface area contributed by atoms with E-state index >= 15 is 0 Å². The highest BCUT2D eigenvalue weighted by atomic mass is 16.6. The summed E-state index contributed by atoms with van der Waals surface area (Å²) >= 11 is 0. The average Bonchev–Trinajstić information content (AvgIpc) is 2.39. The highest BCUT2D eigenvalue weighted by Gasteiger charge is 2.15. The maximum atomic E-state index is 11.7. The number of nitro groups is 1. The fraction of sp³-hybridized carbons (Fsp3) is 0.462. The second-order valence-electron chi connectivity index (χ2n) is 4.74. The van der Waals surface area contributed by atoms with Crippen LogP contribution in [-0.4, -0.2) is 47.8 Å². The Kier molecular flexibility index (Phi) is 5.45. The number of carbonyl (C=O) groups is 1. The Balaban J connectivity index is 2.82. The SMILES string of the molecule is CCN(CC(=O)N(C)C)Cc1ccc(N)c([N+](=O)[O-])c1. The first-order valence-electron chi connectivity index (χ1n) is 6.30. The van der Waals surface area contributed by atoms with Crippen molar-refractivity contribution < 1.29 is 9.72 Å². The monoisotopic (exact) mass is 280 g/mol. The summed E-state index contributed by atoms with van der Waals surface area (Å²) in [5.74, 6) is -0.00297. The van der Waals surface area contributed by atoms with Crippen LogP contribution in [0.3, 0.4) is 0 Å². The summed E-state index contributed by atoms with van der Waals surface area (Å²) in [7, 11) is 3.40. The molecule has 0 spiro atoms. The summed E-state index contributed by atoms with van der Waals surface area (Å²) in [4.78, 5) is 25.5. The molecule has 0 aliphatic carbocycles. The summed E-state index contributed by atoms with van der Waals surface area (Å²) in [6.07, 6.45) is 0. The molecule has 7 heteroatoms. The van der Waals surface area contributed by atoms with Gasteiger partial charge in [0.05, 0.1) is 11.5 Å². The summed E-state index contributed by atoms with van der Waals surface area (Å²) in [6.45, 7) is 3.37. The van der Waals surface area contributed by atoms with Gasteiger partial charge in [-0.05, 0) is 18.2 Å². The zero-order chi connectivity index (χ0) is 15.3. The van der Waals surface area contributed by atoms with E-state index in [1.54, 1.807) is 20.2 Å². The first-order chi connectivity index (χ1) is 9.35. The van der Waals surface area contributed by atoms with Crippen molar-refractivity contribution in [1.29, 1.82) is 0 Å². The van der Waals surface area contributed by atoms with E-state index in [9.17, 15) is 14.9 Å². The van der Waals surface area contributed by atoms with Crippen molar-refractivity contribution in [3.8, 4) is 0 Å². The van der Waals surface area contributed by atoms with Crippen LogP contribution in [0.15, 0.2) is 18.2 Å². The van der Waals surface area contributed by atoms with Gasteiger partial charge in [0, 0.05) is 26.7 Å². The Labute approximate surface area is 118 Å². The molecular weight excluding hydrogens is 260 g/mol. The fourth-order valence-corrected chi connectivity index (χ4v) is 1.72. The van der Waals surface area contributed by atoms with Crippen LogP contribution in [0.2, 0.25) is 0 Å². The standard InChI is InChI=1S/C13H20N4O3/c1-4-16(9-13(18)15(2)3)8-10-5-6-11(14)12(7-10)17(19)20/h5-7H,4,8-9,14H2,1-3H3. The highest BCUT2D eigenvalue weighted by molar-refractivity contribution is 5.77. The van der Waals surface area contributed by atoms with Crippen LogP contribution in [0.1, 0.15) is 12.5 Å².